The van der Waals surface area contributed by atoms with Gasteiger partial charge in [0.1, 0.15) is 0 Å². The van der Waals surface area contributed by atoms with Gasteiger partial charge in [-0.1, -0.05) is 0 Å². The lowest BCUT2D eigenvalue weighted by molar-refractivity contribution is -0.117. The molecule has 1 aromatic carbocycles. The molecule has 4 heteroatoms. The number of likely N-dealkylation sites (N-methyl/N-ethyl adjacent to an activating group) is 2. The van der Waals surface area contributed by atoms with E-state index >= 15 is 0 Å². The van der Waals surface area contributed by atoms with E-state index in [4.69, 9.17) is 5.73 Å². The molecule has 0 spiro atoms. The molecule has 1 aliphatic heterocycles. The molecule has 1 amide bonds. The number of anilines is 2. The SMILES string of the molecule is CN1C(=O)Cc2cc(N(C)C(C)(C)CN)ccc21. The first-order chi connectivity index (χ1) is 8.36. The molecule has 2 rings (SSSR count). The molecule has 4 nitrogen and oxygen atoms in total. The molecular formula is C14H21N3O. The Morgan fingerprint density at radius 3 is 2.72 bits per heavy atom. The Morgan fingerprint density at radius 2 is 2.11 bits per heavy atom. The first-order valence-electron chi connectivity index (χ1n) is 6.20. The molecule has 0 bridgehead atoms. The summed E-state index contributed by atoms with van der Waals surface area (Å²) < 4.78 is 0. The maximum absolute atomic E-state index is 11.7. The number of amides is 1. The van der Waals surface area contributed by atoms with Crippen LogP contribution in [0.5, 0.6) is 0 Å². The fourth-order valence-corrected chi connectivity index (χ4v) is 2.15. The van der Waals surface area contributed by atoms with E-state index in [-0.39, 0.29) is 11.4 Å². The summed E-state index contributed by atoms with van der Waals surface area (Å²) >= 11 is 0. The van der Waals surface area contributed by atoms with Crippen molar-refractivity contribution < 1.29 is 4.79 Å². The Morgan fingerprint density at radius 1 is 1.44 bits per heavy atom. The zero-order valence-corrected chi connectivity index (χ0v) is 11.5. The molecule has 0 atom stereocenters. The lowest BCUT2D eigenvalue weighted by atomic mass is 10.0. The lowest BCUT2D eigenvalue weighted by Gasteiger charge is -2.36. The number of hydrogen-bond acceptors (Lipinski definition) is 3. The van der Waals surface area contributed by atoms with Gasteiger partial charge >= 0.3 is 0 Å². The van der Waals surface area contributed by atoms with Crippen molar-refractivity contribution in [1.29, 1.82) is 0 Å². The van der Waals surface area contributed by atoms with Crippen molar-refractivity contribution in [3.05, 3.63) is 23.8 Å². The van der Waals surface area contributed by atoms with Gasteiger partial charge < -0.3 is 15.5 Å². The van der Waals surface area contributed by atoms with Crippen molar-refractivity contribution >= 4 is 17.3 Å². The molecule has 2 N–H and O–H groups in total. The number of carbonyl (C=O) groups is 1. The molecule has 0 unspecified atom stereocenters. The summed E-state index contributed by atoms with van der Waals surface area (Å²) in [7, 11) is 3.86. The van der Waals surface area contributed by atoms with Gasteiger partial charge in [0.25, 0.3) is 0 Å². The maximum atomic E-state index is 11.7. The highest BCUT2D eigenvalue weighted by Crippen LogP contribution is 2.32. The van der Waals surface area contributed by atoms with Crippen LogP contribution in [0.2, 0.25) is 0 Å². The van der Waals surface area contributed by atoms with Crippen molar-refractivity contribution in [2.24, 2.45) is 5.73 Å². The standard InChI is InChI=1S/C14H21N3O/c1-14(2,9-15)17(4)11-5-6-12-10(7-11)8-13(18)16(12)3/h5-7H,8-9,15H2,1-4H3. The van der Waals surface area contributed by atoms with Crippen molar-refractivity contribution in [2.45, 2.75) is 25.8 Å². The second kappa shape index (κ2) is 4.28. The zero-order valence-electron chi connectivity index (χ0n) is 11.5. The Hall–Kier alpha value is -1.55. The third-order valence-corrected chi connectivity index (χ3v) is 3.94. The molecule has 0 saturated heterocycles. The van der Waals surface area contributed by atoms with E-state index < -0.39 is 0 Å². The van der Waals surface area contributed by atoms with Gasteiger partial charge in [-0.2, -0.15) is 0 Å². The second-order valence-corrected chi connectivity index (χ2v) is 5.52. The first kappa shape index (κ1) is 12.9. The van der Waals surface area contributed by atoms with Crippen LogP contribution in [0, 0.1) is 0 Å². The predicted octanol–water partition coefficient (Wildman–Crippen LogP) is 1.38. The minimum absolute atomic E-state index is 0.0945. The third-order valence-electron chi connectivity index (χ3n) is 3.94. The summed E-state index contributed by atoms with van der Waals surface area (Å²) in [6, 6.07) is 6.15. The van der Waals surface area contributed by atoms with E-state index in [0.717, 1.165) is 16.9 Å². The number of carbonyl (C=O) groups excluding carboxylic acids is 1. The fourth-order valence-electron chi connectivity index (χ4n) is 2.15. The second-order valence-electron chi connectivity index (χ2n) is 5.52. The zero-order chi connectivity index (χ0) is 13.5. The number of fused-ring (bicyclic) bond motifs is 1. The molecular weight excluding hydrogens is 226 g/mol. The molecule has 0 fully saturated rings. The molecule has 0 saturated carbocycles. The average Bonchev–Trinajstić information content (AvgIpc) is 2.63. The Balaban J connectivity index is 2.34. The molecule has 0 aliphatic carbocycles. The fraction of sp³-hybridized carbons (Fsp3) is 0.500. The van der Waals surface area contributed by atoms with Gasteiger partial charge in [0.05, 0.1) is 6.42 Å². The van der Waals surface area contributed by atoms with E-state index in [2.05, 4.69) is 24.8 Å². The van der Waals surface area contributed by atoms with Gasteiger partial charge in [0, 0.05) is 37.6 Å². The molecule has 98 valence electrons. The molecule has 18 heavy (non-hydrogen) atoms. The summed E-state index contributed by atoms with van der Waals surface area (Å²) in [5.74, 6) is 0.155. The summed E-state index contributed by atoms with van der Waals surface area (Å²) in [5.41, 5.74) is 8.92. The van der Waals surface area contributed by atoms with E-state index in [1.807, 2.05) is 26.2 Å². The van der Waals surface area contributed by atoms with Crippen LogP contribution in [0.25, 0.3) is 0 Å². The molecule has 0 radical (unpaired) electrons. The van der Waals surface area contributed by atoms with Gasteiger partial charge in [-0.25, -0.2) is 0 Å². The summed E-state index contributed by atoms with van der Waals surface area (Å²) in [6.07, 6.45) is 0.497. The van der Waals surface area contributed by atoms with Gasteiger partial charge in [0.15, 0.2) is 0 Å². The number of nitrogens with two attached hydrogens (primary N) is 1. The van der Waals surface area contributed by atoms with Crippen LogP contribution >= 0.6 is 0 Å². The van der Waals surface area contributed by atoms with Crippen molar-refractivity contribution in [1.82, 2.24) is 0 Å². The molecule has 1 heterocycles. The van der Waals surface area contributed by atoms with Crippen molar-refractivity contribution in [2.75, 3.05) is 30.4 Å². The van der Waals surface area contributed by atoms with Crippen LogP contribution in [0.4, 0.5) is 11.4 Å². The van der Waals surface area contributed by atoms with Crippen molar-refractivity contribution in [3.63, 3.8) is 0 Å². The van der Waals surface area contributed by atoms with Gasteiger partial charge in [-0.3, -0.25) is 4.79 Å². The Labute approximate surface area is 108 Å². The molecule has 1 aliphatic rings. The van der Waals surface area contributed by atoms with E-state index in [1.165, 1.54) is 0 Å². The van der Waals surface area contributed by atoms with E-state index in [9.17, 15) is 4.79 Å². The Bertz CT molecular complexity index is 482. The summed E-state index contributed by atoms with van der Waals surface area (Å²) in [4.78, 5) is 15.5. The first-order valence-corrected chi connectivity index (χ1v) is 6.20. The van der Waals surface area contributed by atoms with Gasteiger partial charge in [-0.05, 0) is 37.6 Å². The molecule has 1 aromatic rings. The summed E-state index contributed by atoms with van der Waals surface area (Å²) in [6.45, 7) is 4.80. The van der Waals surface area contributed by atoms with E-state index in [0.29, 0.717) is 13.0 Å². The predicted molar refractivity (Wildman–Crippen MR) is 75.1 cm³/mol. The maximum Gasteiger partial charge on any atom is 0.231 e. The monoisotopic (exact) mass is 247 g/mol. The van der Waals surface area contributed by atoms with Gasteiger partial charge in [-0.15, -0.1) is 0 Å². The largest absolute Gasteiger partial charge is 0.368 e. The summed E-state index contributed by atoms with van der Waals surface area (Å²) in [5, 5.41) is 0. The van der Waals surface area contributed by atoms with Crippen LogP contribution < -0.4 is 15.5 Å². The highest BCUT2D eigenvalue weighted by molar-refractivity contribution is 6.01. The van der Waals surface area contributed by atoms with Gasteiger partial charge in [0.2, 0.25) is 5.91 Å². The Kier molecular flexibility index (Phi) is 3.07. The van der Waals surface area contributed by atoms with E-state index in [1.54, 1.807) is 4.90 Å². The lowest BCUT2D eigenvalue weighted by Crippen LogP contribution is -2.47. The smallest absolute Gasteiger partial charge is 0.231 e. The highest BCUT2D eigenvalue weighted by Gasteiger charge is 2.27. The number of benzene rings is 1. The number of rotatable bonds is 3. The minimum atomic E-state index is -0.0945. The average molecular weight is 247 g/mol. The van der Waals surface area contributed by atoms with Crippen LogP contribution in [0.3, 0.4) is 0 Å². The normalized spacial score (nSPS) is 14.9. The highest BCUT2D eigenvalue weighted by atomic mass is 16.2. The van der Waals surface area contributed by atoms with Crippen LogP contribution in [0.1, 0.15) is 19.4 Å². The third kappa shape index (κ3) is 1.97. The van der Waals surface area contributed by atoms with Crippen LogP contribution in [0.15, 0.2) is 18.2 Å². The van der Waals surface area contributed by atoms with Crippen LogP contribution in [-0.4, -0.2) is 32.1 Å². The minimum Gasteiger partial charge on any atom is -0.368 e. The van der Waals surface area contributed by atoms with Crippen molar-refractivity contribution in [3.8, 4) is 0 Å². The number of hydrogen-bond donors (Lipinski definition) is 1. The molecule has 0 aromatic heterocycles. The van der Waals surface area contributed by atoms with Crippen LogP contribution in [-0.2, 0) is 11.2 Å². The topological polar surface area (TPSA) is 49.6 Å². The quantitative estimate of drug-likeness (QED) is 0.878. The number of nitrogens with zero attached hydrogens (tertiary/aromatic N) is 2.